The minimum absolute atomic E-state index is 0.0575. The summed E-state index contributed by atoms with van der Waals surface area (Å²) in [5.74, 6) is 0.870. The molecule has 1 aromatic heterocycles. The van der Waals surface area contributed by atoms with Crippen LogP contribution in [0.1, 0.15) is 36.2 Å². The Morgan fingerprint density at radius 3 is 2.77 bits per heavy atom. The molecule has 1 unspecified atom stereocenters. The number of anilines is 1. The van der Waals surface area contributed by atoms with Gasteiger partial charge in [0.2, 0.25) is 5.95 Å². The Kier molecular flexibility index (Phi) is 4.37. The molecule has 0 spiro atoms. The number of aliphatic hydroxyl groups is 1. The third-order valence-corrected chi connectivity index (χ3v) is 5.06. The summed E-state index contributed by atoms with van der Waals surface area (Å²) in [6.07, 6.45) is 5.58. The van der Waals surface area contributed by atoms with Gasteiger partial charge in [-0.2, -0.15) is 0 Å². The smallest absolute Gasteiger partial charge is 0.225 e. The van der Waals surface area contributed by atoms with E-state index in [0.29, 0.717) is 0 Å². The van der Waals surface area contributed by atoms with Crippen molar-refractivity contribution in [1.82, 2.24) is 14.9 Å². The Labute approximate surface area is 133 Å². The lowest BCUT2D eigenvalue weighted by atomic mass is 9.80. The van der Waals surface area contributed by atoms with E-state index < -0.39 is 0 Å². The zero-order valence-corrected chi connectivity index (χ0v) is 14.1. The third-order valence-electron chi connectivity index (χ3n) is 5.06. The molecular weight excluding hydrogens is 276 g/mol. The van der Waals surface area contributed by atoms with E-state index >= 15 is 0 Å². The van der Waals surface area contributed by atoms with Gasteiger partial charge in [0.25, 0.3) is 0 Å². The molecule has 1 atom stereocenters. The predicted octanol–water partition coefficient (Wildman–Crippen LogP) is 1.41. The highest BCUT2D eigenvalue weighted by atomic mass is 16.3. The number of nitrogens with zero attached hydrogens (tertiary/aromatic N) is 4. The largest absolute Gasteiger partial charge is 0.396 e. The van der Waals surface area contributed by atoms with E-state index in [-0.39, 0.29) is 12.0 Å². The Morgan fingerprint density at radius 2 is 2.05 bits per heavy atom. The molecule has 0 radical (unpaired) electrons. The summed E-state index contributed by atoms with van der Waals surface area (Å²) < 4.78 is 0. The van der Waals surface area contributed by atoms with Crippen LogP contribution in [0.2, 0.25) is 0 Å². The molecule has 22 heavy (non-hydrogen) atoms. The SMILES string of the molecule is Cc1nc(N2CCCC(CO)(CN(C)C)C2)nc2c1CCC2. The summed E-state index contributed by atoms with van der Waals surface area (Å²) in [5.41, 5.74) is 3.70. The molecule has 5 nitrogen and oxygen atoms in total. The fourth-order valence-electron chi connectivity index (χ4n) is 4.10. The Morgan fingerprint density at radius 1 is 1.23 bits per heavy atom. The van der Waals surface area contributed by atoms with Gasteiger partial charge in [0, 0.05) is 36.4 Å². The lowest BCUT2D eigenvalue weighted by molar-refractivity contribution is 0.0758. The van der Waals surface area contributed by atoms with Gasteiger partial charge < -0.3 is 14.9 Å². The first kappa shape index (κ1) is 15.7. The molecule has 0 amide bonds. The maximum absolute atomic E-state index is 9.97. The molecule has 1 saturated heterocycles. The zero-order valence-electron chi connectivity index (χ0n) is 14.1. The van der Waals surface area contributed by atoms with Gasteiger partial charge in [-0.1, -0.05) is 0 Å². The van der Waals surface area contributed by atoms with E-state index in [2.05, 4.69) is 30.8 Å². The van der Waals surface area contributed by atoms with Crippen LogP contribution < -0.4 is 4.90 Å². The molecule has 1 N–H and O–H groups in total. The summed E-state index contributed by atoms with van der Waals surface area (Å²) >= 11 is 0. The summed E-state index contributed by atoms with van der Waals surface area (Å²) in [5, 5.41) is 9.97. The maximum atomic E-state index is 9.97. The molecular formula is C17H28N4O. The molecule has 1 aromatic rings. The second-order valence-electron chi connectivity index (χ2n) is 7.31. The summed E-state index contributed by atoms with van der Waals surface area (Å²) in [4.78, 5) is 14.1. The van der Waals surface area contributed by atoms with Crippen molar-refractivity contribution in [2.75, 3.05) is 45.2 Å². The number of hydrogen-bond acceptors (Lipinski definition) is 5. The van der Waals surface area contributed by atoms with E-state index in [1.165, 1.54) is 17.7 Å². The number of aryl methyl sites for hydroxylation is 2. The molecule has 1 aliphatic carbocycles. The van der Waals surface area contributed by atoms with Gasteiger partial charge in [0.1, 0.15) is 0 Å². The number of hydrogen-bond donors (Lipinski definition) is 1. The van der Waals surface area contributed by atoms with Crippen LogP contribution >= 0.6 is 0 Å². The summed E-state index contributed by atoms with van der Waals surface area (Å²) in [6, 6.07) is 0. The molecule has 0 bridgehead atoms. The van der Waals surface area contributed by atoms with Gasteiger partial charge in [-0.15, -0.1) is 0 Å². The lowest BCUT2D eigenvalue weighted by Gasteiger charge is -2.43. The second kappa shape index (κ2) is 6.13. The molecule has 3 rings (SSSR count). The van der Waals surface area contributed by atoms with Gasteiger partial charge in [-0.05, 0) is 58.7 Å². The van der Waals surface area contributed by atoms with Crippen molar-refractivity contribution in [3.63, 3.8) is 0 Å². The first-order valence-corrected chi connectivity index (χ1v) is 8.40. The third kappa shape index (κ3) is 2.97. The molecule has 2 aliphatic rings. The van der Waals surface area contributed by atoms with E-state index in [1.807, 2.05) is 0 Å². The van der Waals surface area contributed by atoms with E-state index in [9.17, 15) is 5.11 Å². The maximum Gasteiger partial charge on any atom is 0.225 e. The molecule has 2 heterocycles. The quantitative estimate of drug-likeness (QED) is 0.911. The molecule has 1 aliphatic heterocycles. The normalized spacial score (nSPS) is 24.9. The number of rotatable bonds is 4. The standard InChI is InChI=1S/C17H28N4O/c1-13-14-6-4-7-15(14)19-16(18-13)21-9-5-8-17(11-21,12-22)10-20(2)3/h22H,4-12H2,1-3H3. The zero-order chi connectivity index (χ0) is 15.7. The lowest BCUT2D eigenvalue weighted by Crippen LogP contribution is -2.50. The van der Waals surface area contributed by atoms with E-state index in [1.54, 1.807) is 0 Å². The van der Waals surface area contributed by atoms with Crippen molar-refractivity contribution in [2.24, 2.45) is 5.41 Å². The fraction of sp³-hybridized carbons (Fsp3) is 0.765. The Bertz CT molecular complexity index is 546. The number of aromatic nitrogens is 2. The van der Waals surface area contributed by atoms with Crippen LogP contribution in [0.3, 0.4) is 0 Å². The van der Waals surface area contributed by atoms with Gasteiger partial charge in [0.15, 0.2) is 0 Å². The average Bonchev–Trinajstić information content (AvgIpc) is 2.96. The van der Waals surface area contributed by atoms with Crippen molar-refractivity contribution in [3.05, 3.63) is 17.0 Å². The van der Waals surface area contributed by atoms with Crippen molar-refractivity contribution >= 4 is 5.95 Å². The summed E-state index contributed by atoms with van der Waals surface area (Å²) in [7, 11) is 4.15. The second-order valence-corrected chi connectivity index (χ2v) is 7.31. The summed E-state index contributed by atoms with van der Waals surface area (Å²) in [6.45, 7) is 5.08. The first-order chi connectivity index (χ1) is 10.5. The van der Waals surface area contributed by atoms with Crippen molar-refractivity contribution in [3.8, 4) is 0 Å². The van der Waals surface area contributed by atoms with Crippen molar-refractivity contribution in [2.45, 2.75) is 39.0 Å². The highest BCUT2D eigenvalue weighted by Crippen LogP contribution is 2.33. The number of piperidine rings is 1. The van der Waals surface area contributed by atoms with Crippen LogP contribution in [0.4, 0.5) is 5.95 Å². The highest BCUT2D eigenvalue weighted by molar-refractivity contribution is 5.39. The highest BCUT2D eigenvalue weighted by Gasteiger charge is 2.36. The molecule has 0 saturated carbocycles. The van der Waals surface area contributed by atoms with Crippen LogP contribution in [-0.2, 0) is 12.8 Å². The Balaban J connectivity index is 1.84. The number of fused-ring (bicyclic) bond motifs is 1. The Hall–Kier alpha value is -1.20. The molecule has 1 fully saturated rings. The minimum atomic E-state index is -0.0575. The van der Waals surface area contributed by atoms with E-state index in [4.69, 9.17) is 9.97 Å². The van der Waals surface area contributed by atoms with Gasteiger partial charge >= 0.3 is 0 Å². The minimum Gasteiger partial charge on any atom is -0.396 e. The van der Waals surface area contributed by atoms with Crippen molar-refractivity contribution < 1.29 is 5.11 Å². The predicted molar refractivity (Wildman–Crippen MR) is 88.3 cm³/mol. The monoisotopic (exact) mass is 304 g/mol. The molecule has 5 heteroatoms. The topological polar surface area (TPSA) is 52.5 Å². The van der Waals surface area contributed by atoms with Gasteiger partial charge in [-0.3, -0.25) is 0 Å². The van der Waals surface area contributed by atoms with Crippen molar-refractivity contribution in [1.29, 1.82) is 0 Å². The van der Waals surface area contributed by atoms with Crippen LogP contribution in [0.25, 0.3) is 0 Å². The van der Waals surface area contributed by atoms with Gasteiger partial charge in [-0.25, -0.2) is 9.97 Å². The van der Waals surface area contributed by atoms with E-state index in [0.717, 1.165) is 57.0 Å². The molecule has 0 aromatic carbocycles. The van der Waals surface area contributed by atoms with Crippen LogP contribution in [0.15, 0.2) is 0 Å². The fourth-order valence-corrected chi connectivity index (χ4v) is 4.10. The number of aliphatic hydroxyl groups excluding tert-OH is 1. The molecule has 122 valence electrons. The van der Waals surface area contributed by atoms with Crippen LogP contribution in [0.5, 0.6) is 0 Å². The van der Waals surface area contributed by atoms with Gasteiger partial charge in [0.05, 0.1) is 6.61 Å². The average molecular weight is 304 g/mol. The first-order valence-electron chi connectivity index (χ1n) is 8.40. The van der Waals surface area contributed by atoms with Crippen LogP contribution in [-0.4, -0.2) is 60.3 Å². The van der Waals surface area contributed by atoms with Crippen LogP contribution in [0, 0.1) is 12.3 Å².